The van der Waals surface area contributed by atoms with Crippen LogP contribution in [0.15, 0.2) is 18.2 Å². The number of hydrogen-bond acceptors (Lipinski definition) is 2. The highest BCUT2D eigenvalue weighted by Gasteiger charge is 2.24. The Kier molecular flexibility index (Phi) is 3.08. The van der Waals surface area contributed by atoms with Crippen molar-refractivity contribution < 1.29 is 9.90 Å². The predicted molar refractivity (Wildman–Crippen MR) is 69.2 cm³/mol. The number of fused-ring (bicyclic) bond motifs is 1. The molecule has 18 heavy (non-hydrogen) atoms. The molecule has 3 rings (SSSR count). The molecule has 1 N–H and O–H groups in total. The molecule has 96 valence electrons. The highest BCUT2D eigenvalue weighted by Crippen LogP contribution is 2.27. The molecule has 1 fully saturated rings. The van der Waals surface area contributed by atoms with Gasteiger partial charge in [0.25, 0.3) is 0 Å². The van der Waals surface area contributed by atoms with Gasteiger partial charge in [-0.1, -0.05) is 18.2 Å². The first-order valence-electron chi connectivity index (χ1n) is 6.81. The Morgan fingerprint density at radius 1 is 1.28 bits per heavy atom. The molecule has 1 aliphatic carbocycles. The van der Waals surface area contributed by atoms with E-state index in [1.165, 1.54) is 24.0 Å². The van der Waals surface area contributed by atoms with Crippen molar-refractivity contribution in [3.8, 4) is 0 Å². The first kappa shape index (κ1) is 11.7. The van der Waals surface area contributed by atoms with Crippen LogP contribution in [0, 0.1) is 0 Å². The molecule has 1 heterocycles. The fourth-order valence-electron chi connectivity index (χ4n) is 2.68. The molecule has 3 nitrogen and oxygen atoms in total. The van der Waals surface area contributed by atoms with Crippen LogP contribution in [0.3, 0.4) is 0 Å². The molecule has 1 atom stereocenters. The Bertz CT molecular complexity index is 466. The smallest absolute Gasteiger partial charge is 0.222 e. The summed E-state index contributed by atoms with van der Waals surface area (Å²) >= 11 is 0. The third kappa shape index (κ3) is 2.41. The summed E-state index contributed by atoms with van der Waals surface area (Å²) < 4.78 is 0. The average Bonchev–Trinajstić information content (AvgIpc) is 3.13. The van der Waals surface area contributed by atoms with Gasteiger partial charge in [0, 0.05) is 19.5 Å². The van der Waals surface area contributed by atoms with Crippen LogP contribution in [0.2, 0.25) is 0 Å². The Labute approximate surface area is 107 Å². The molecule has 1 aromatic carbocycles. The summed E-state index contributed by atoms with van der Waals surface area (Å²) in [6.07, 6.45) is 4.01. The molecule has 0 bridgehead atoms. The number of amides is 1. The van der Waals surface area contributed by atoms with Gasteiger partial charge in [0.05, 0.1) is 6.10 Å². The second-order valence-corrected chi connectivity index (χ2v) is 5.32. The van der Waals surface area contributed by atoms with Gasteiger partial charge < -0.3 is 10.0 Å². The molecule has 0 aromatic heterocycles. The van der Waals surface area contributed by atoms with E-state index in [1.807, 2.05) is 11.0 Å². The Morgan fingerprint density at radius 2 is 2.06 bits per heavy atom. The molecule has 3 heteroatoms. The standard InChI is InChI=1S/C15H19NO2/c17-14(6-7-15(18)16-8-9-16)13-5-4-11-2-1-3-12(11)10-13/h4-5,10,14,17H,1-3,6-9H2. The summed E-state index contributed by atoms with van der Waals surface area (Å²) in [7, 11) is 0. The summed E-state index contributed by atoms with van der Waals surface area (Å²) in [5.74, 6) is 0.176. The van der Waals surface area contributed by atoms with E-state index in [1.54, 1.807) is 0 Å². The van der Waals surface area contributed by atoms with Gasteiger partial charge in [0.15, 0.2) is 0 Å². The zero-order valence-corrected chi connectivity index (χ0v) is 10.6. The van der Waals surface area contributed by atoms with Crippen molar-refractivity contribution >= 4 is 5.91 Å². The number of aliphatic hydroxyl groups excluding tert-OH is 1. The van der Waals surface area contributed by atoms with Crippen LogP contribution in [-0.4, -0.2) is 29.0 Å². The monoisotopic (exact) mass is 245 g/mol. The van der Waals surface area contributed by atoms with Crippen LogP contribution < -0.4 is 0 Å². The Hall–Kier alpha value is -1.35. The van der Waals surface area contributed by atoms with Gasteiger partial charge in [0.1, 0.15) is 0 Å². The van der Waals surface area contributed by atoms with Gasteiger partial charge in [0.2, 0.25) is 5.91 Å². The highest BCUT2D eigenvalue weighted by atomic mass is 16.3. The van der Waals surface area contributed by atoms with Crippen molar-refractivity contribution in [3.05, 3.63) is 34.9 Å². The van der Waals surface area contributed by atoms with E-state index in [0.717, 1.165) is 25.1 Å². The van der Waals surface area contributed by atoms with Crippen molar-refractivity contribution in [2.24, 2.45) is 0 Å². The number of hydrogen-bond donors (Lipinski definition) is 1. The predicted octanol–water partition coefficient (Wildman–Crippen LogP) is 1.83. The third-order valence-electron chi connectivity index (χ3n) is 3.94. The largest absolute Gasteiger partial charge is 0.388 e. The van der Waals surface area contributed by atoms with Crippen LogP contribution in [0.1, 0.15) is 42.1 Å². The first-order chi connectivity index (χ1) is 8.74. The number of carbonyl (C=O) groups excluding carboxylic acids is 1. The zero-order chi connectivity index (χ0) is 12.5. The quantitative estimate of drug-likeness (QED) is 0.822. The lowest BCUT2D eigenvalue weighted by atomic mass is 10.00. The number of nitrogens with zero attached hydrogens (tertiary/aromatic N) is 1. The van der Waals surface area contributed by atoms with Crippen LogP contribution in [0.25, 0.3) is 0 Å². The lowest BCUT2D eigenvalue weighted by Crippen LogP contribution is -2.11. The number of carbonyl (C=O) groups is 1. The second kappa shape index (κ2) is 4.73. The topological polar surface area (TPSA) is 40.3 Å². The third-order valence-corrected chi connectivity index (χ3v) is 3.94. The van der Waals surface area contributed by atoms with Gasteiger partial charge in [-0.3, -0.25) is 4.79 Å². The maximum Gasteiger partial charge on any atom is 0.222 e. The molecular weight excluding hydrogens is 226 g/mol. The van der Waals surface area contributed by atoms with E-state index < -0.39 is 6.10 Å². The molecule has 1 unspecified atom stereocenters. The Morgan fingerprint density at radius 3 is 2.83 bits per heavy atom. The number of aliphatic hydroxyl groups is 1. The molecule has 1 saturated heterocycles. The summed E-state index contributed by atoms with van der Waals surface area (Å²) in [5.41, 5.74) is 3.77. The molecule has 1 amide bonds. The highest BCUT2D eigenvalue weighted by molar-refractivity contribution is 5.78. The van der Waals surface area contributed by atoms with Crippen molar-refractivity contribution in [2.45, 2.75) is 38.2 Å². The number of rotatable bonds is 4. The molecule has 1 aliphatic heterocycles. The van der Waals surface area contributed by atoms with E-state index in [9.17, 15) is 9.90 Å². The van der Waals surface area contributed by atoms with Gasteiger partial charge in [-0.05, 0) is 42.4 Å². The molecule has 2 aliphatic rings. The molecular formula is C15H19NO2. The van der Waals surface area contributed by atoms with E-state index >= 15 is 0 Å². The second-order valence-electron chi connectivity index (χ2n) is 5.32. The fourth-order valence-corrected chi connectivity index (χ4v) is 2.68. The number of aryl methyl sites for hydroxylation is 2. The van der Waals surface area contributed by atoms with E-state index in [4.69, 9.17) is 0 Å². The Balaban J connectivity index is 1.61. The summed E-state index contributed by atoms with van der Waals surface area (Å²) in [4.78, 5) is 13.4. The van der Waals surface area contributed by atoms with E-state index in [2.05, 4.69) is 12.1 Å². The van der Waals surface area contributed by atoms with Gasteiger partial charge in [-0.15, -0.1) is 0 Å². The molecule has 0 radical (unpaired) electrons. The van der Waals surface area contributed by atoms with Crippen LogP contribution in [0.5, 0.6) is 0 Å². The van der Waals surface area contributed by atoms with Crippen molar-refractivity contribution in [2.75, 3.05) is 13.1 Å². The average molecular weight is 245 g/mol. The van der Waals surface area contributed by atoms with Crippen LogP contribution in [-0.2, 0) is 17.6 Å². The molecule has 0 spiro atoms. The van der Waals surface area contributed by atoms with Crippen molar-refractivity contribution in [3.63, 3.8) is 0 Å². The molecule has 0 saturated carbocycles. The lowest BCUT2D eigenvalue weighted by Gasteiger charge is -2.12. The van der Waals surface area contributed by atoms with E-state index in [-0.39, 0.29) is 5.91 Å². The minimum absolute atomic E-state index is 0.176. The summed E-state index contributed by atoms with van der Waals surface area (Å²) in [6, 6.07) is 6.26. The summed E-state index contributed by atoms with van der Waals surface area (Å²) in [5, 5.41) is 10.1. The van der Waals surface area contributed by atoms with Crippen LogP contribution >= 0.6 is 0 Å². The van der Waals surface area contributed by atoms with Gasteiger partial charge in [-0.2, -0.15) is 0 Å². The maximum atomic E-state index is 11.5. The normalized spacial score (nSPS) is 18.6. The minimum Gasteiger partial charge on any atom is -0.388 e. The van der Waals surface area contributed by atoms with E-state index in [0.29, 0.717) is 12.8 Å². The minimum atomic E-state index is -0.500. The van der Waals surface area contributed by atoms with Gasteiger partial charge in [-0.25, -0.2) is 0 Å². The van der Waals surface area contributed by atoms with Gasteiger partial charge >= 0.3 is 0 Å². The molecule has 1 aromatic rings. The zero-order valence-electron chi connectivity index (χ0n) is 10.6. The summed E-state index contributed by atoms with van der Waals surface area (Å²) in [6.45, 7) is 1.79. The SMILES string of the molecule is O=C(CCC(O)c1ccc2c(c1)CCC2)N1CC1. The number of benzene rings is 1. The van der Waals surface area contributed by atoms with Crippen molar-refractivity contribution in [1.29, 1.82) is 0 Å². The first-order valence-corrected chi connectivity index (χ1v) is 6.81. The fraction of sp³-hybridized carbons (Fsp3) is 0.533. The maximum absolute atomic E-state index is 11.5. The van der Waals surface area contributed by atoms with Crippen LogP contribution in [0.4, 0.5) is 0 Å². The van der Waals surface area contributed by atoms with Crippen molar-refractivity contribution in [1.82, 2.24) is 4.90 Å². The lowest BCUT2D eigenvalue weighted by molar-refractivity contribution is -0.126.